The summed E-state index contributed by atoms with van der Waals surface area (Å²) >= 11 is 0. The van der Waals surface area contributed by atoms with Gasteiger partial charge in [0.2, 0.25) is 11.8 Å². The number of nitrogens with one attached hydrogen (secondary N) is 2. The summed E-state index contributed by atoms with van der Waals surface area (Å²) in [6.45, 7) is 1.10. The van der Waals surface area contributed by atoms with Crippen LogP contribution in [0.1, 0.15) is 16.7 Å². The normalized spacial score (nSPS) is 11.9. The summed E-state index contributed by atoms with van der Waals surface area (Å²) in [5.41, 5.74) is 2.91. The Balaban J connectivity index is 1.44. The summed E-state index contributed by atoms with van der Waals surface area (Å²) in [5, 5.41) is 15.2. The zero-order chi connectivity index (χ0) is 29.1. The van der Waals surface area contributed by atoms with Crippen molar-refractivity contribution in [3.8, 4) is 11.1 Å². The molecule has 9 nitrogen and oxygen atoms in total. The van der Waals surface area contributed by atoms with Crippen LogP contribution in [0.5, 0.6) is 0 Å². The Bertz CT molecular complexity index is 1830. The van der Waals surface area contributed by atoms with Crippen molar-refractivity contribution in [2.24, 2.45) is 0 Å². The van der Waals surface area contributed by atoms with Gasteiger partial charge >= 0.3 is 11.6 Å². The predicted molar refractivity (Wildman–Crippen MR) is 149 cm³/mol. The second-order valence-electron chi connectivity index (χ2n) is 9.59. The van der Waals surface area contributed by atoms with Crippen LogP contribution in [-0.2, 0) is 27.2 Å². The molecular formula is C31H25FN2O7. The number of aryl methyl sites for hydroxylation is 1. The third-order valence-electron chi connectivity index (χ3n) is 6.82. The summed E-state index contributed by atoms with van der Waals surface area (Å²) in [6.07, 6.45) is 1.30. The summed E-state index contributed by atoms with van der Waals surface area (Å²) < 4.78 is 24.7. The first-order valence-electron chi connectivity index (χ1n) is 12.8. The molecule has 0 aliphatic carbocycles. The van der Waals surface area contributed by atoms with Gasteiger partial charge in [0.1, 0.15) is 29.6 Å². The van der Waals surface area contributed by atoms with Gasteiger partial charge in [-0.05, 0) is 41.8 Å². The third kappa shape index (κ3) is 6.01. The minimum Gasteiger partial charge on any atom is -0.480 e. The molecule has 10 heteroatoms. The van der Waals surface area contributed by atoms with Crippen LogP contribution in [0.15, 0.2) is 86.6 Å². The van der Waals surface area contributed by atoms with Crippen LogP contribution in [0.25, 0.3) is 33.1 Å². The molecule has 0 saturated carbocycles. The van der Waals surface area contributed by atoms with Gasteiger partial charge in [0.05, 0.1) is 18.2 Å². The van der Waals surface area contributed by atoms with E-state index < -0.39 is 36.0 Å². The fraction of sp³-hybridized carbons (Fsp3) is 0.161. The van der Waals surface area contributed by atoms with Crippen molar-refractivity contribution in [2.45, 2.75) is 25.8 Å². The van der Waals surface area contributed by atoms with Gasteiger partial charge in [-0.2, -0.15) is 0 Å². The second kappa shape index (κ2) is 11.5. The standard InChI is InChI=1S/C31H25FN2O7/c1-17-21-12-23-24(19-7-9-20(32)10-8-19)16-40-26(23)14-27(21)41-31(39)22(17)13-28(35)34-25(30(38)33-15-29(36)37)11-18-5-3-2-4-6-18/h2-10,12,14,16,25H,11,13,15H2,1H3,(H,33,38)(H,34,35)(H,36,37)/t25-/m0/s1. The van der Waals surface area contributed by atoms with Crippen LogP contribution >= 0.6 is 0 Å². The fourth-order valence-corrected chi connectivity index (χ4v) is 4.72. The van der Waals surface area contributed by atoms with Crippen molar-refractivity contribution >= 4 is 39.7 Å². The van der Waals surface area contributed by atoms with E-state index in [4.69, 9.17) is 13.9 Å². The first-order chi connectivity index (χ1) is 19.7. The molecule has 0 aliphatic rings. The largest absolute Gasteiger partial charge is 0.480 e. The number of fused-ring (bicyclic) bond motifs is 2. The summed E-state index contributed by atoms with van der Waals surface area (Å²) in [7, 11) is 0. The van der Waals surface area contributed by atoms with Crippen molar-refractivity contribution in [2.75, 3.05) is 6.54 Å². The molecule has 41 heavy (non-hydrogen) atoms. The summed E-state index contributed by atoms with van der Waals surface area (Å²) in [5.74, 6) is -2.86. The van der Waals surface area contributed by atoms with Crippen LogP contribution in [-0.4, -0.2) is 35.5 Å². The lowest BCUT2D eigenvalue weighted by Gasteiger charge is -2.18. The molecule has 0 saturated heterocycles. The number of furan rings is 1. The number of carbonyl (C=O) groups excluding carboxylic acids is 2. The molecule has 5 rings (SSSR count). The summed E-state index contributed by atoms with van der Waals surface area (Å²) in [4.78, 5) is 49.7. The molecule has 0 spiro atoms. The van der Waals surface area contributed by atoms with Gasteiger partial charge in [-0.15, -0.1) is 0 Å². The van der Waals surface area contributed by atoms with Crippen LogP contribution in [0, 0.1) is 12.7 Å². The Kier molecular flexibility index (Phi) is 7.64. The molecule has 0 bridgehead atoms. The molecule has 0 fully saturated rings. The van der Waals surface area contributed by atoms with Crippen molar-refractivity contribution in [1.82, 2.24) is 10.6 Å². The second-order valence-corrected chi connectivity index (χ2v) is 9.59. The van der Waals surface area contributed by atoms with Gasteiger partial charge in [0.25, 0.3) is 0 Å². The molecule has 2 amide bonds. The van der Waals surface area contributed by atoms with Crippen molar-refractivity contribution in [3.63, 3.8) is 0 Å². The van der Waals surface area contributed by atoms with Crippen molar-refractivity contribution in [1.29, 1.82) is 0 Å². The Morgan fingerprint density at radius 2 is 1.71 bits per heavy atom. The SMILES string of the molecule is Cc1c(CC(=O)N[C@@H](Cc2ccccc2)C(=O)NCC(=O)O)c(=O)oc2cc3occ(-c4ccc(F)cc4)c3cc12. The van der Waals surface area contributed by atoms with Crippen LogP contribution in [0.2, 0.25) is 0 Å². The highest BCUT2D eigenvalue weighted by Gasteiger charge is 2.24. The third-order valence-corrected chi connectivity index (χ3v) is 6.82. The van der Waals surface area contributed by atoms with E-state index in [1.807, 2.05) is 6.07 Å². The molecule has 0 aliphatic heterocycles. The van der Waals surface area contributed by atoms with E-state index in [2.05, 4.69) is 10.6 Å². The first kappa shape index (κ1) is 27.3. The van der Waals surface area contributed by atoms with Gasteiger partial charge in [-0.1, -0.05) is 42.5 Å². The number of carbonyl (C=O) groups is 3. The maximum atomic E-state index is 13.4. The Morgan fingerprint density at radius 1 is 0.976 bits per heavy atom. The predicted octanol–water partition coefficient (Wildman–Crippen LogP) is 4.12. The number of rotatable bonds is 9. The maximum Gasteiger partial charge on any atom is 0.340 e. The lowest BCUT2D eigenvalue weighted by molar-refractivity contribution is -0.138. The zero-order valence-corrected chi connectivity index (χ0v) is 21.9. The average molecular weight is 557 g/mol. The van der Waals surface area contributed by atoms with Crippen LogP contribution in [0.3, 0.4) is 0 Å². The minimum atomic E-state index is -1.22. The van der Waals surface area contributed by atoms with Crippen LogP contribution in [0.4, 0.5) is 4.39 Å². The lowest BCUT2D eigenvalue weighted by atomic mass is 9.99. The Morgan fingerprint density at radius 3 is 2.41 bits per heavy atom. The number of benzene rings is 3. The fourth-order valence-electron chi connectivity index (χ4n) is 4.72. The number of halogens is 1. The number of amides is 2. The zero-order valence-electron chi connectivity index (χ0n) is 21.9. The number of hydrogen-bond donors (Lipinski definition) is 3. The van der Waals surface area contributed by atoms with Gasteiger partial charge in [0, 0.05) is 28.8 Å². The molecule has 3 N–H and O–H groups in total. The number of carboxylic acid groups (broad SMARTS) is 1. The highest BCUT2D eigenvalue weighted by atomic mass is 19.1. The molecule has 2 heterocycles. The number of hydrogen-bond acceptors (Lipinski definition) is 6. The topological polar surface area (TPSA) is 139 Å². The average Bonchev–Trinajstić information content (AvgIpc) is 3.36. The van der Waals surface area contributed by atoms with Crippen molar-refractivity contribution in [3.05, 3.63) is 106 Å². The molecule has 3 aromatic carbocycles. The molecule has 208 valence electrons. The Labute approximate surface area is 232 Å². The highest BCUT2D eigenvalue weighted by Crippen LogP contribution is 2.34. The van der Waals surface area contributed by atoms with E-state index in [-0.39, 0.29) is 29.8 Å². The number of aliphatic carboxylic acids is 1. The van der Waals surface area contributed by atoms with Crippen LogP contribution < -0.4 is 16.3 Å². The van der Waals surface area contributed by atoms with Gasteiger partial charge in [-0.25, -0.2) is 9.18 Å². The van der Waals surface area contributed by atoms with Crippen molar-refractivity contribution < 1.29 is 32.7 Å². The smallest absolute Gasteiger partial charge is 0.340 e. The first-order valence-corrected chi connectivity index (χ1v) is 12.8. The molecule has 1 atom stereocenters. The molecular weight excluding hydrogens is 531 g/mol. The van der Waals surface area contributed by atoms with E-state index in [1.165, 1.54) is 12.1 Å². The van der Waals surface area contributed by atoms with E-state index in [9.17, 15) is 23.6 Å². The molecule has 0 radical (unpaired) electrons. The highest BCUT2D eigenvalue weighted by molar-refractivity contribution is 6.02. The molecule has 5 aromatic rings. The quantitative estimate of drug-likeness (QED) is 0.232. The summed E-state index contributed by atoms with van der Waals surface area (Å²) in [6, 6.07) is 17.2. The number of carboxylic acids is 1. The van der Waals surface area contributed by atoms with E-state index in [0.29, 0.717) is 16.5 Å². The van der Waals surface area contributed by atoms with Gasteiger partial charge in [-0.3, -0.25) is 14.4 Å². The van der Waals surface area contributed by atoms with E-state index in [1.54, 1.807) is 61.7 Å². The van der Waals surface area contributed by atoms with E-state index in [0.717, 1.165) is 22.1 Å². The monoisotopic (exact) mass is 556 g/mol. The molecule has 0 unspecified atom stereocenters. The Hall–Kier alpha value is -5.25. The van der Waals surface area contributed by atoms with Gasteiger partial charge < -0.3 is 24.6 Å². The van der Waals surface area contributed by atoms with Gasteiger partial charge in [0.15, 0.2) is 0 Å². The lowest BCUT2D eigenvalue weighted by Crippen LogP contribution is -2.49. The minimum absolute atomic E-state index is 0.116. The molecule has 2 aromatic heterocycles. The maximum absolute atomic E-state index is 13.4. The van der Waals surface area contributed by atoms with E-state index >= 15 is 0 Å².